The summed E-state index contributed by atoms with van der Waals surface area (Å²) in [4.78, 5) is 57.7. The van der Waals surface area contributed by atoms with E-state index in [0.29, 0.717) is 86.0 Å². The molecule has 0 spiro atoms. The molecular weight excluding hydrogens is 1110 g/mol. The molecule has 8 rings (SSSR count). The van der Waals surface area contributed by atoms with Crippen LogP contribution in [0.4, 0.5) is 0 Å². The van der Waals surface area contributed by atoms with Gasteiger partial charge in [-0.15, -0.1) is 11.6 Å². The molecule has 21 atom stereocenters. The van der Waals surface area contributed by atoms with Gasteiger partial charge in [0.25, 0.3) is 11.7 Å². The van der Waals surface area contributed by atoms with Gasteiger partial charge in [-0.1, -0.05) is 95.7 Å². The van der Waals surface area contributed by atoms with Gasteiger partial charge < -0.3 is 54.1 Å². The molecule has 0 aromatic heterocycles. The quantitative estimate of drug-likeness (QED) is 0.0563. The first-order valence-corrected chi connectivity index (χ1v) is 33.3. The summed E-state index contributed by atoms with van der Waals surface area (Å²) in [6.45, 7) is 20.2. The predicted molar refractivity (Wildman–Crippen MR) is 333 cm³/mol. The SMILES string of the molecule is C=C1/C(=C\C=C2/CCC[C@]3(C)[C@@H]([C@H](C)/C=C/[C@@H](O)C4CC4)CC[C@@H]23)C[C@@H](O)C[C@@H]1O.CC[C@@H]1/C=C(\C)C[C@H](C)C[C@H](OC)[C@H]2O[C@@](O)(C(=O)C(=O)N3CCCC[C@H]3C(=O)O[C@H](/C(C)=C/[C@@H]3CC[C@H](Cl)[C@H](OC)C3)[C@H](C)[C@@H](O)CC1=O)[C@H](C)C[C@@H]2OC. The van der Waals surface area contributed by atoms with Gasteiger partial charge in [0.15, 0.2) is 0 Å². The largest absolute Gasteiger partial charge is 0.456 e. The van der Waals surface area contributed by atoms with E-state index in [1.165, 1.54) is 63.2 Å². The lowest BCUT2D eigenvalue weighted by molar-refractivity contribution is -0.302. The van der Waals surface area contributed by atoms with Crippen LogP contribution in [0.1, 0.15) is 184 Å². The Morgan fingerprint density at radius 3 is 2.24 bits per heavy atom. The van der Waals surface area contributed by atoms with Gasteiger partial charge in [0.05, 0.1) is 48.1 Å². The van der Waals surface area contributed by atoms with Crippen LogP contribution in [0.15, 0.2) is 70.9 Å². The molecule has 0 radical (unpaired) electrons. The Morgan fingerprint density at radius 1 is 0.872 bits per heavy atom. The van der Waals surface area contributed by atoms with Gasteiger partial charge in [0.1, 0.15) is 24.0 Å². The number of ether oxygens (including phenoxy) is 5. The summed E-state index contributed by atoms with van der Waals surface area (Å²) < 4.78 is 29.9. The summed E-state index contributed by atoms with van der Waals surface area (Å²) in [5, 5.41) is 54.0. The van der Waals surface area contributed by atoms with Crippen LogP contribution < -0.4 is 0 Å². The summed E-state index contributed by atoms with van der Waals surface area (Å²) in [6.07, 6.45) is 22.1. The smallest absolute Gasteiger partial charge is 0.329 e. The average molecular weight is 1220 g/mol. The number of hydrogen-bond donors (Lipinski definition) is 5. The average Bonchev–Trinajstić information content (AvgIpc) is 1.78. The monoisotopic (exact) mass is 1220 g/mol. The maximum Gasteiger partial charge on any atom is 0.329 e. The number of piperidine rings is 1. The second kappa shape index (κ2) is 31.1. The first-order valence-electron chi connectivity index (χ1n) is 32.8. The van der Waals surface area contributed by atoms with Crippen LogP contribution in [-0.2, 0) is 42.9 Å². The number of Topliss-reactive ketones (excluding diaryl/α,β-unsaturated/α-hetero) is 2. The zero-order valence-electron chi connectivity index (χ0n) is 53.8. The highest BCUT2D eigenvalue weighted by atomic mass is 35.5. The number of aliphatic hydroxyl groups excluding tert-OH is 4. The normalized spacial score (nSPS) is 41.8. The molecule has 2 saturated heterocycles. The third-order valence-corrected chi connectivity index (χ3v) is 22.0. The topological polar surface area (TPSA) is 219 Å². The Hall–Kier alpha value is -3.35. The number of esters is 1. The van der Waals surface area contributed by atoms with Gasteiger partial charge in [0.2, 0.25) is 5.79 Å². The fourth-order valence-electron chi connectivity index (χ4n) is 16.0. The fraction of sp³-hybridized carbons (Fsp3) is 0.771. The number of fused-ring (bicyclic) bond motifs is 4. The molecule has 484 valence electrons. The molecule has 2 bridgehead atoms. The molecule has 5 aliphatic carbocycles. The Balaban J connectivity index is 0.000000294. The van der Waals surface area contributed by atoms with E-state index in [2.05, 4.69) is 51.7 Å². The van der Waals surface area contributed by atoms with Crippen molar-refractivity contribution in [3.8, 4) is 0 Å². The number of ketones is 2. The fourth-order valence-corrected chi connectivity index (χ4v) is 16.3. The van der Waals surface area contributed by atoms with Crippen molar-refractivity contribution in [1.29, 1.82) is 0 Å². The van der Waals surface area contributed by atoms with Crippen LogP contribution in [0.25, 0.3) is 0 Å². The number of nitrogens with zero attached hydrogens (tertiary/aromatic N) is 1. The lowest BCUT2D eigenvalue weighted by Gasteiger charge is -2.47. The maximum atomic E-state index is 14.3. The number of amides is 1. The lowest BCUT2D eigenvalue weighted by Crippen LogP contribution is -2.64. The molecule has 5 N–H and O–H groups in total. The number of cyclic esters (lactones) is 1. The van der Waals surface area contributed by atoms with Crippen LogP contribution in [-0.4, -0.2) is 154 Å². The maximum absolute atomic E-state index is 14.3. The first-order chi connectivity index (χ1) is 40.8. The molecular formula is C70H108ClNO14. The third-order valence-electron chi connectivity index (χ3n) is 21.5. The summed E-state index contributed by atoms with van der Waals surface area (Å²) >= 11 is 6.52. The minimum absolute atomic E-state index is 0.0425. The number of carbonyl (C=O) groups excluding carboxylic acids is 4. The standard InChI is InChI=1S/C43H68ClNO11.C27H40O3/c1-10-30-18-24(2)17-25(3)19-36(53-8)39-37(54-9)21-27(5)43(51,56-39)40(48)41(49)45-16-12-11-13-32(45)42(50)55-38(28(6)33(46)23-34(30)47)26(4)20-29-14-15-31(44)35(22-29)52-7;1-17(6-13-25(29)20-8-9-20)23-11-12-24-19(5-4-14-27(23,24)3)7-10-21-15-22(28)16-26(30)18(21)2/h18,20,25,27-33,35-39,46,51H,10-17,19,21-23H2,1-9H3;6-7,10,13,17,20,22-26,28-30H,2,4-5,8-9,11-12,14-16H2,1,3H3/b24-18+,26-20+;13-6+,19-7+,21-10-/t25-,27+,28+,29-,30+,31-,32-,33-,35+,36-,37-,38+,39+,43+;17-,22-,23-,24+,25-,26+,27-/m01/s1. The molecule has 86 heavy (non-hydrogen) atoms. The van der Waals surface area contributed by atoms with Crippen molar-refractivity contribution in [2.45, 2.75) is 256 Å². The van der Waals surface area contributed by atoms with Crippen molar-refractivity contribution in [2.75, 3.05) is 27.9 Å². The van der Waals surface area contributed by atoms with E-state index in [1.54, 1.807) is 21.0 Å². The highest BCUT2D eigenvalue weighted by Crippen LogP contribution is 2.60. The minimum Gasteiger partial charge on any atom is -0.456 e. The van der Waals surface area contributed by atoms with Crippen molar-refractivity contribution in [2.24, 2.45) is 58.7 Å². The van der Waals surface area contributed by atoms with Gasteiger partial charge >= 0.3 is 5.97 Å². The number of methoxy groups -OCH3 is 3. The van der Waals surface area contributed by atoms with Gasteiger partial charge in [-0.2, -0.15) is 0 Å². The lowest BCUT2D eigenvalue weighted by atomic mass is 9.61. The van der Waals surface area contributed by atoms with E-state index in [4.69, 9.17) is 35.3 Å². The van der Waals surface area contributed by atoms with E-state index in [1.807, 2.05) is 32.9 Å². The second-order valence-corrected chi connectivity index (χ2v) is 28.4. The molecule has 0 aromatic carbocycles. The van der Waals surface area contributed by atoms with Crippen LogP contribution >= 0.6 is 11.6 Å². The number of hydrogen-bond acceptors (Lipinski definition) is 14. The summed E-state index contributed by atoms with van der Waals surface area (Å²) in [5.41, 5.74) is 5.34. The Labute approximate surface area is 519 Å². The Morgan fingerprint density at radius 2 is 1.57 bits per heavy atom. The number of allylic oxidation sites excluding steroid dienone is 7. The zero-order valence-corrected chi connectivity index (χ0v) is 54.6. The van der Waals surface area contributed by atoms with Crippen molar-refractivity contribution in [1.82, 2.24) is 4.90 Å². The van der Waals surface area contributed by atoms with Crippen LogP contribution in [0.3, 0.4) is 0 Å². The van der Waals surface area contributed by atoms with Crippen molar-refractivity contribution < 1.29 is 68.4 Å². The summed E-state index contributed by atoms with van der Waals surface area (Å²) in [5.74, 6) is -5.03. The van der Waals surface area contributed by atoms with Gasteiger partial charge in [-0.05, 0) is 187 Å². The van der Waals surface area contributed by atoms with E-state index in [0.717, 1.165) is 36.0 Å². The van der Waals surface area contributed by atoms with Gasteiger partial charge in [-0.25, -0.2) is 4.79 Å². The highest BCUT2D eigenvalue weighted by molar-refractivity contribution is 6.39. The summed E-state index contributed by atoms with van der Waals surface area (Å²) in [7, 11) is 4.71. The van der Waals surface area contributed by atoms with Crippen LogP contribution in [0.2, 0.25) is 0 Å². The number of rotatable bonds is 11. The number of halogens is 1. The molecule has 5 saturated carbocycles. The van der Waals surface area contributed by atoms with Gasteiger partial charge in [0, 0.05) is 58.5 Å². The van der Waals surface area contributed by atoms with E-state index in [9.17, 15) is 44.7 Å². The minimum atomic E-state index is -2.49. The van der Waals surface area contributed by atoms with E-state index in [-0.39, 0.29) is 61.0 Å². The molecule has 1 amide bonds. The third kappa shape index (κ3) is 16.8. The van der Waals surface area contributed by atoms with Crippen molar-refractivity contribution in [3.63, 3.8) is 0 Å². The number of alkyl halides is 1. The molecule has 8 aliphatic rings. The Kier molecular flexibility index (Phi) is 25.4. The molecule has 15 nitrogen and oxygen atoms in total. The first kappa shape index (κ1) is 70.1. The predicted octanol–water partition coefficient (Wildman–Crippen LogP) is 10.8. The molecule has 16 heteroatoms. The number of aliphatic hydroxyl groups is 5. The van der Waals surface area contributed by atoms with Crippen LogP contribution in [0.5, 0.6) is 0 Å². The van der Waals surface area contributed by atoms with E-state index < -0.39 is 90.0 Å². The Bertz CT molecular complexity index is 2500. The molecule has 0 unspecified atom stereocenters. The highest BCUT2D eigenvalue weighted by Gasteiger charge is 2.57. The number of carbonyl (C=O) groups is 4. The molecule has 3 aliphatic heterocycles. The summed E-state index contributed by atoms with van der Waals surface area (Å²) in [6, 6.07) is -1.12. The van der Waals surface area contributed by atoms with Gasteiger partial charge in [-0.3, -0.25) is 14.4 Å². The second-order valence-electron chi connectivity index (χ2n) is 27.8. The molecule has 7 fully saturated rings. The molecule has 0 aromatic rings. The van der Waals surface area contributed by atoms with E-state index >= 15 is 0 Å². The molecule has 3 heterocycles. The zero-order chi connectivity index (χ0) is 62.9. The van der Waals surface area contributed by atoms with Crippen LogP contribution in [0, 0.1) is 58.7 Å². The van der Waals surface area contributed by atoms with Crippen molar-refractivity contribution in [3.05, 3.63) is 70.9 Å². The van der Waals surface area contributed by atoms with Crippen molar-refractivity contribution >= 4 is 35.0 Å².